The van der Waals surface area contributed by atoms with Crippen LogP contribution in [0.3, 0.4) is 0 Å². The molecule has 0 saturated carbocycles. The number of hydrogen-bond donors (Lipinski definition) is 5. The maximum Gasteiger partial charge on any atom is 0.527 e. The van der Waals surface area contributed by atoms with Crippen molar-refractivity contribution in [3.63, 3.8) is 0 Å². The minimum absolute atomic E-state index is 0.00543. The third-order valence-electron chi connectivity index (χ3n) is 7.18. The van der Waals surface area contributed by atoms with E-state index < -0.39 is 50.1 Å². The van der Waals surface area contributed by atoms with Crippen molar-refractivity contribution in [2.45, 2.75) is 37.5 Å². The number of nitrogens with two attached hydrogens (primary N) is 2. The monoisotopic (exact) mass is 608 g/mol. The van der Waals surface area contributed by atoms with Crippen LogP contribution in [0.2, 0.25) is 0 Å². The number of carbonyl (C=O) groups excluding carboxylic acids is 4. The second-order valence-electron chi connectivity index (χ2n) is 10.1. The lowest BCUT2D eigenvalue weighted by Crippen LogP contribution is -2.54. The van der Waals surface area contributed by atoms with Gasteiger partial charge in [0.25, 0.3) is 0 Å². The number of nitrogens with one attached hydrogen (secondary N) is 2. The molecule has 1 unspecified atom stereocenters. The highest BCUT2D eigenvalue weighted by molar-refractivity contribution is 7.47. The molecule has 4 amide bonds. The van der Waals surface area contributed by atoms with Gasteiger partial charge in [-0.2, -0.15) is 0 Å². The molecule has 14 heteroatoms. The van der Waals surface area contributed by atoms with Gasteiger partial charge in [-0.3, -0.25) is 23.8 Å². The van der Waals surface area contributed by atoms with E-state index in [1.165, 1.54) is 6.07 Å². The average molecular weight is 609 g/mol. The van der Waals surface area contributed by atoms with E-state index >= 15 is 0 Å². The van der Waals surface area contributed by atoms with Crippen LogP contribution in [0.4, 0.5) is 4.79 Å². The van der Waals surface area contributed by atoms with Crippen molar-refractivity contribution < 1.29 is 42.4 Å². The molecule has 3 aromatic carbocycles. The Labute approximate surface area is 246 Å². The number of phosphoric ester groups is 1. The zero-order valence-corrected chi connectivity index (χ0v) is 23.6. The van der Waals surface area contributed by atoms with Gasteiger partial charge in [-0.25, -0.2) is 9.36 Å². The number of amides is 4. The molecule has 2 aliphatic rings. The molecule has 1 heterocycles. The molecule has 5 rings (SSSR count). The van der Waals surface area contributed by atoms with Gasteiger partial charge in [0, 0.05) is 17.9 Å². The third-order valence-corrected chi connectivity index (χ3v) is 8.06. The second kappa shape index (κ2) is 12.3. The van der Waals surface area contributed by atoms with Gasteiger partial charge >= 0.3 is 13.9 Å². The topological polar surface area (TPSA) is 209 Å². The summed E-state index contributed by atoms with van der Waals surface area (Å²) in [5.74, 6) is -2.74. The number of benzene rings is 3. The van der Waals surface area contributed by atoms with Crippen LogP contribution in [0.5, 0.6) is 5.75 Å². The smallest absolute Gasteiger partial charge is 0.449 e. The number of rotatable bonds is 10. The van der Waals surface area contributed by atoms with Crippen molar-refractivity contribution in [3.05, 3.63) is 89.0 Å². The zero-order valence-electron chi connectivity index (χ0n) is 22.7. The number of phosphoric acid groups is 1. The molecule has 0 aromatic heterocycles. The van der Waals surface area contributed by atoms with Gasteiger partial charge in [0.2, 0.25) is 17.7 Å². The summed E-state index contributed by atoms with van der Waals surface area (Å²) in [7, 11) is -4.21. The third kappa shape index (κ3) is 6.86. The van der Waals surface area contributed by atoms with Crippen LogP contribution in [-0.4, -0.2) is 47.4 Å². The first-order chi connectivity index (χ1) is 20.5. The van der Waals surface area contributed by atoms with Crippen molar-refractivity contribution in [1.29, 1.82) is 0 Å². The van der Waals surface area contributed by atoms with Crippen molar-refractivity contribution >= 4 is 31.6 Å². The summed E-state index contributed by atoms with van der Waals surface area (Å²) in [5.41, 5.74) is 15.6. The van der Waals surface area contributed by atoms with Crippen molar-refractivity contribution in [2.75, 3.05) is 6.61 Å². The minimum Gasteiger partial charge on any atom is -0.449 e. The fourth-order valence-electron chi connectivity index (χ4n) is 5.19. The van der Waals surface area contributed by atoms with Crippen LogP contribution in [0.1, 0.15) is 34.6 Å². The number of fused-ring (bicyclic) bond motifs is 4. The molecule has 0 radical (unpaired) electrons. The normalized spacial score (nSPS) is 18.2. The number of carbonyl (C=O) groups is 4. The SMILES string of the molecule is NC(=O)C[C@H](NC(=O)[C@H](Cc1ccc2c(c1)COP(=O)(O)O2)NC(=O)OCC1c2ccccc2-c2ccccc21)C(N)=O. The summed E-state index contributed by atoms with van der Waals surface area (Å²) in [6, 6.07) is 17.5. The Morgan fingerprint density at radius 3 is 2.23 bits per heavy atom. The molecular weight excluding hydrogens is 579 g/mol. The maximum atomic E-state index is 13.3. The average Bonchev–Trinajstić information content (AvgIpc) is 3.28. The Bertz CT molecular complexity index is 1600. The highest BCUT2D eigenvalue weighted by atomic mass is 31.2. The highest BCUT2D eigenvalue weighted by Gasteiger charge is 2.33. The highest BCUT2D eigenvalue weighted by Crippen LogP contribution is 2.50. The number of primary amides is 2. The van der Waals surface area contributed by atoms with Gasteiger partial charge < -0.3 is 31.4 Å². The fraction of sp³-hybridized carbons (Fsp3) is 0.241. The fourth-order valence-corrected chi connectivity index (χ4v) is 5.97. The zero-order chi connectivity index (χ0) is 30.7. The maximum absolute atomic E-state index is 13.3. The van der Waals surface area contributed by atoms with E-state index in [0.717, 1.165) is 22.3 Å². The summed E-state index contributed by atoms with van der Waals surface area (Å²) < 4.78 is 27.1. The lowest BCUT2D eigenvalue weighted by atomic mass is 9.98. The van der Waals surface area contributed by atoms with E-state index in [0.29, 0.717) is 11.1 Å². The Morgan fingerprint density at radius 2 is 1.60 bits per heavy atom. The molecule has 0 fully saturated rings. The predicted octanol–water partition coefficient (Wildman–Crippen LogP) is 1.99. The minimum atomic E-state index is -4.21. The van der Waals surface area contributed by atoms with Crippen LogP contribution in [0.15, 0.2) is 66.7 Å². The Kier molecular flexibility index (Phi) is 8.49. The summed E-state index contributed by atoms with van der Waals surface area (Å²) >= 11 is 0. The van der Waals surface area contributed by atoms with Gasteiger partial charge in [0.05, 0.1) is 13.0 Å². The van der Waals surface area contributed by atoms with E-state index in [4.69, 9.17) is 25.3 Å². The van der Waals surface area contributed by atoms with Gasteiger partial charge in [0.15, 0.2) is 0 Å². The number of hydrogen-bond acceptors (Lipinski definition) is 8. The molecule has 0 saturated heterocycles. The molecular formula is C29H29N4O9P. The second-order valence-corrected chi connectivity index (χ2v) is 11.5. The summed E-state index contributed by atoms with van der Waals surface area (Å²) in [6.07, 6.45) is -1.52. The Morgan fingerprint density at radius 1 is 0.953 bits per heavy atom. The van der Waals surface area contributed by atoms with Gasteiger partial charge in [-0.1, -0.05) is 54.6 Å². The van der Waals surface area contributed by atoms with E-state index in [9.17, 15) is 28.6 Å². The molecule has 0 spiro atoms. The summed E-state index contributed by atoms with van der Waals surface area (Å²) in [5, 5.41) is 4.91. The summed E-state index contributed by atoms with van der Waals surface area (Å²) in [4.78, 5) is 59.2. The van der Waals surface area contributed by atoms with E-state index in [1.54, 1.807) is 12.1 Å². The molecule has 1 aliphatic carbocycles. The van der Waals surface area contributed by atoms with Crippen LogP contribution in [-0.2, 0) is 41.2 Å². The standard InChI is InChI=1S/C29H29N4O9P/c30-26(34)13-23(27(31)35)32-28(36)24(12-16-9-10-25-17(11-16)14-41-43(38,39)42-25)33-29(37)40-15-22-20-7-3-1-5-18(20)19-6-2-4-8-21(19)22/h1-11,22-24H,12-15H2,(H2,30,34)(H2,31,35)(H,32,36)(H,33,37)(H,38,39)/t23-,24-/m0/s1. The predicted molar refractivity (Wildman–Crippen MR) is 152 cm³/mol. The lowest BCUT2D eigenvalue weighted by molar-refractivity contribution is -0.130. The molecule has 0 bridgehead atoms. The van der Waals surface area contributed by atoms with Crippen LogP contribution in [0.25, 0.3) is 11.1 Å². The van der Waals surface area contributed by atoms with Crippen molar-refractivity contribution in [3.8, 4) is 16.9 Å². The first kappa shape index (κ1) is 29.8. The number of ether oxygens (including phenoxy) is 1. The Hall–Kier alpha value is -4.71. The first-order valence-electron chi connectivity index (χ1n) is 13.3. The number of alkyl carbamates (subject to hydrolysis) is 1. The van der Waals surface area contributed by atoms with Crippen LogP contribution < -0.4 is 26.6 Å². The largest absolute Gasteiger partial charge is 0.527 e. The molecule has 1 aliphatic heterocycles. The molecule has 3 atom stereocenters. The molecule has 224 valence electrons. The summed E-state index contributed by atoms with van der Waals surface area (Å²) in [6.45, 7) is -0.218. The molecule has 3 aromatic rings. The Balaban J connectivity index is 1.33. The van der Waals surface area contributed by atoms with Crippen LogP contribution in [0, 0.1) is 0 Å². The first-order valence-corrected chi connectivity index (χ1v) is 14.8. The van der Waals surface area contributed by atoms with Gasteiger partial charge in [-0.05, 0) is 39.9 Å². The van der Waals surface area contributed by atoms with Crippen LogP contribution >= 0.6 is 7.82 Å². The van der Waals surface area contributed by atoms with Crippen molar-refractivity contribution in [1.82, 2.24) is 10.6 Å². The van der Waals surface area contributed by atoms with E-state index in [-0.39, 0.29) is 31.3 Å². The molecule has 43 heavy (non-hydrogen) atoms. The molecule has 7 N–H and O–H groups in total. The van der Waals surface area contributed by atoms with Gasteiger partial charge in [0.1, 0.15) is 24.4 Å². The van der Waals surface area contributed by atoms with Gasteiger partial charge in [-0.15, -0.1) is 0 Å². The van der Waals surface area contributed by atoms with E-state index in [2.05, 4.69) is 10.6 Å². The van der Waals surface area contributed by atoms with Crippen molar-refractivity contribution in [2.24, 2.45) is 11.5 Å². The molecule has 13 nitrogen and oxygen atoms in total. The lowest BCUT2D eigenvalue weighted by Gasteiger charge is -2.24. The van der Waals surface area contributed by atoms with E-state index in [1.807, 2.05) is 48.5 Å². The quantitative estimate of drug-likeness (QED) is 0.213.